The van der Waals surface area contributed by atoms with Crippen molar-refractivity contribution in [3.05, 3.63) is 59.1 Å². The van der Waals surface area contributed by atoms with Gasteiger partial charge in [-0.2, -0.15) is 0 Å². The van der Waals surface area contributed by atoms with Crippen LogP contribution in [0.2, 0.25) is 0 Å². The summed E-state index contributed by atoms with van der Waals surface area (Å²) in [4.78, 5) is 58.1. The number of thioether (sulfide) groups is 1. The summed E-state index contributed by atoms with van der Waals surface area (Å²) < 4.78 is 0.792. The minimum Gasteiger partial charge on any atom is -0.480 e. The van der Waals surface area contributed by atoms with E-state index < -0.39 is 47.9 Å². The fourth-order valence-corrected chi connectivity index (χ4v) is 5.81. The molecule has 0 unspecified atom stereocenters. The number of fused-ring (bicyclic) bond motifs is 1. The molecule has 0 saturated heterocycles. The molecule has 3 amide bonds. The molecule has 2 heterocycles. The fourth-order valence-electron chi connectivity index (χ4n) is 3.71. The molecule has 0 aliphatic carbocycles. The number of carbonyl (C=O) groups excluding carboxylic acids is 3. The number of nitrogens with two attached hydrogens (primary N) is 1. The van der Waals surface area contributed by atoms with Crippen LogP contribution in [0.5, 0.6) is 0 Å². The Labute approximate surface area is 232 Å². The van der Waals surface area contributed by atoms with Crippen molar-refractivity contribution in [2.75, 3.05) is 11.1 Å². The Morgan fingerprint density at radius 1 is 1.05 bits per heavy atom. The van der Waals surface area contributed by atoms with E-state index in [1.54, 1.807) is 18.2 Å². The van der Waals surface area contributed by atoms with Gasteiger partial charge >= 0.3 is 5.97 Å². The molecule has 0 spiro atoms. The van der Waals surface area contributed by atoms with Crippen molar-refractivity contribution in [2.45, 2.75) is 44.4 Å². The molecule has 0 fully saturated rings. The van der Waals surface area contributed by atoms with Gasteiger partial charge in [0, 0.05) is 17.9 Å². The van der Waals surface area contributed by atoms with Crippen LogP contribution >= 0.6 is 23.1 Å². The molecule has 0 saturated carbocycles. The number of aromatic nitrogens is 1. The van der Waals surface area contributed by atoms with Gasteiger partial charge in [0.15, 0.2) is 6.04 Å². The zero-order valence-electron chi connectivity index (χ0n) is 21.2. The lowest BCUT2D eigenvalue weighted by Gasteiger charge is -2.22. The second kappa shape index (κ2) is 12.4. The van der Waals surface area contributed by atoms with Gasteiger partial charge in [-0.05, 0) is 37.6 Å². The third-order valence-corrected chi connectivity index (χ3v) is 8.06. The minimum atomic E-state index is -0.966. The van der Waals surface area contributed by atoms with Gasteiger partial charge < -0.3 is 26.8 Å². The van der Waals surface area contributed by atoms with Crippen LogP contribution in [0.4, 0.5) is 5.69 Å². The van der Waals surface area contributed by atoms with E-state index in [0.29, 0.717) is 27.0 Å². The monoisotopic (exact) mass is 568 g/mol. The van der Waals surface area contributed by atoms with E-state index in [0.717, 1.165) is 10.3 Å². The molecule has 11 nitrogen and oxygen atoms in total. The van der Waals surface area contributed by atoms with Gasteiger partial charge in [0.25, 0.3) is 0 Å². The number of anilines is 1. The number of nitrogens with one attached hydrogen (secondary N) is 3. The molecular formula is C26H28N6O5S2. The predicted octanol–water partition coefficient (Wildman–Crippen LogP) is 1.76. The number of rotatable bonds is 10. The minimum absolute atomic E-state index is 0.237. The fraction of sp³-hybridized carbons (Fsp3) is 0.308. The maximum absolute atomic E-state index is 13.3. The van der Waals surface area contributed by atoms with E-state index >= 15 is 0 Å². The number of hydrogen-bond donors (Lipinski definition) is 5. The average Bonchev–Trinajstić information content (AvgIpc) is 3.56. The lowest BCUT2D eigenvalue weighted by atomic mass is 10.0. The quantitative estimate of drug-likeness (QED) is 0.246. The summed E-state index contributed by atoms with van der Waals surface area (Å²) >= 11 is 2.71. The van der Waals surface area contributed by atoms with Gasteiger partial charge in [-0.15, -0.1) is 23.1 Å². The van der Waals surface area contributed by atoms with E-state index in [2.05, 4.69) is 25.9 Å². The summed E-state index contributed by atoms with van der Waals surface area (Å²) in [6.45, 7) is 3.04. The van der Waals surface area contributed by atoms with Crippen molar-refractivity contribution in [3.8, 4) is 0 Å². The van der Waals surface area contributed by atoms with E-state index in [1.165, 1.54) is 36.9 Å². The van der Waals surface area contributed by atoms with Crippen molar-refractivity contribution in [1.82, 2.24) is 15.6 Å². The zero-order valence-corrected chi connectivity index (χ0v) is 22.8. The highest BCUT2D eigenvalue weighted by atomic mass is 32.2. The zero-order chi connectivity index (χ0) is 28.1. The van der Waals surface area contributed by atoms with Crippen LogP contribution in [0.25, 0.3) is 10.2 Å². The summed E-state index contributed by atoms with van der Waals surface area (Å²) in [5.74, 6) is -2.02. The first-order valence-electron chi connectivity index (χ1n) is 12.2. The van der Waals surface area contributed by atoms with E-state index in [1.807, 2.05) is 30.3 Å². The molecule has 0 radical (unpaired) electrons. The molecule has 204 valence electrons. The molecule has 4 atom stereocenters. The lowest BCUT2D eigenvalue weighted by Crippen LogP contribution is -2.54. The average molecular weight is 569 g/mol. The third kappa shape index (κ3) is 7.19. The maximum atomic E-state index is 13.3. The Bertz CT molecular complexity index is 1420. The number of benzene rings is 2. The standard InChI is InChI=1S/C26H28N6O5S2/c1-13(27)21(33)28-14(2)22(34)30-18(10-15-6-4-3-5-7-15)23(35)29-16-8-9-17-20(11-16)39-25(31-17)24-32-19(12-38-24)26(36)37/h3-9,11,13-14,18-19H,10,12,27H2,1-2H3,(H,28,33)(H,29,35)(H,30,34)(H,36,37)/t13-,14-,18-,19+/m0/s1. The molecule has 6 N–H and O–H groups in total. The molecule has 0 bridgehead atoms. The first-order valence-corrected chi connectivity index (χ1v) is 14.0. The highest BCUT2D eigenvalue weighted by molar-refractivity contribution is 8.15. The lowest BCUT2D eigenvalue weighted by molar-refractivity contribution is -0.137. The van der Waals surface area contributed by atoms with Gasteiger partial charge in [-0.1, -0.05) is 30.3 Å². The number of aliphatic imine (C=N–C) groups is 1. The van der Waals surface area contributed by atoms with Gasteiger partial charge in [0.05, 0.1) is 16.3 Å². The molecule has 3 aromatic rings. The van der Waals surface area contributed by atoms with Crippen LogP contribution in [0.3, 0.4) is 0 Å². The predicted molar refractivity (Wildman–Crippen MR) is 152 cm³/mol. The maximum Gasteiger partial charge on any atom is 0.329 e. The molecule has 13 heteroatoms. The molecule has 2 aromatic carbocycles. The Hall–Kier alpha value is -3.81. The second-order valence-corrected chi connectivity index (χ2v) is 11.1. The normalized spacial score (nSPS) is 17.1. The van der Waals surface area contributed by atoms with Crippen molar-refractivity contribution >= 4 is 67.7 Å². The number of carboxylic acids is 1. The number of carbonyl (C=O) groups is 4. The second-order valence-electron chi connectivity index (χ2n) is 9.06. The van der Waals surface area contributed by atoms with Gasteiger partial charge in [0.2, 0.25) is 17.7 Å². The summed E-state index contributed by atoms with van der Waals surface area (Å²) in [6.07, 6.45) is 0.237. The van der Waals surface area contributed by atoms with Crippen molar-refractivity contribution in [3.63, 3.8) is 0 Å². The van der Waals surface area contributed by atoms with Gasteiger partial charge in [0.1, 0.15) is 22.1 Å². The van der Waals surface area contributed by atoms with Crippen LogP contribution < -0.4 is 21.7 Å². The summed E-state index contributed by atoms with van der Waals surface area (Å²) in [7, 11) is 0. The highest BCUT2D eigenvalue weighted by Gasteiger charge is 2.28. The van der Waals surface area contributed by atoms with Gasteiger partial charge in [-0.3, -0.25) is 19.4 Å². The molecular weight excluding hydrogens is 540 g/mol. The van der Waals surface area contributed by atoms with Crippen LogP contribution in [0.1, 0.15) is 24.4 Å². The summed E-state index contributed by atoms with van der Waals surface area (Å²) in [6, 6.07) is 11.2. The molecule has 39 heavy (non-hydrogen) atoms. The number of carboxylic acid groups (broad SMARTS) is 1. The Balaban J connectivity index is 1.50. The molecule has 1 aliphatic rings. The van der Waals surface area contributed by atoms with E-state index in [-0.39, 0.29) is 6.42 Å². The molecule has 4 rings (SSSR count). The highest BCUT2D eigenvalue weighted by Crippen LogP contribution is 2.31. The first kappa shape index (κ1) is 28.2. The Kier molecular flexibility index (Phi) is 8.94. The number of aliphatic carboxylic acids is 1. The number of amides is 3. The van der Waals surface area contributed by atoms with Crippen molar-refractivity contribution in [2.24, 2.45) is 10.7 Å². The van der Waals surface area contributed by atoms with Crippen LogP contribution in [0.15, 0.2) is 53.5 Å². The third-order valence-electron chi connectivity index (χ3n) is 5.86. The first-order chi connectivity index (χ1) is 18.6. The molecule has 1 aromatic heterocycles. The topological polar surface area (TPSA) is 176 Å². The summed E-state index contributed by atoms with van der Waals surface area (Å²) in [5.41, 5.74) is 7.63. The Morgan fingerprint density at radius 2 is 1.79 bits per heavy atom. The van der Waals surface area contributed by atoms with Gasteiger partial charge in [-0.25, -0.2) is 9.78 Å². The molecule has 1 aliphatic heterocycles. The van der Waals surface area contributed by atoms with E-state index in [9.17, 15) is 24.3 Å². The largest absolute Gasteiger partial charge is 0.480 e. The van der Waals surface area contributed by atoms with E-state index in [4.69, 9.17) is 5.73 Å². The smallest absolute Gasteiger partial charge is 0.329 e. The Morgan fingerprint density at radius 3 is 2.46 bits per heavy atom. The van der Waals surface area contributed by atoms with Crippen LogP contribution in [-0.2, 0) is 25.6 Å². The van der Waals surface area contributed by atoms with Crippen molar-refractivity contribution < 1.29 is 24.3 Å². The van der Waals surface area contributed by atoms with Crippen LogP contribution in [0, 0.1) is 0 Å². The SMILES string of the molecule is C[C@H](N)C(=O)N[C@@H](C)C(=O)N[C@@H](Cc1ccccc1)C(=O)Nc1ccc2nc(C3=N[C@@H](C(=O)O)CS3)sc2c1. The van der Waals surface area contributed by atoms with Crippen LogP contribution in [-0.4, -0.2) is 68.7 Å². The number of hydrogen-bond acceptors (Lipinski definition) is 9. The number of nitrogens with zero attached hydrogens (tertiary/aromatic N) is 2. The van der Waals surface area contributed by atoms with Crippen molar-refractivity contribution in [1.29, 1.82) is 0 Å². The summed E-state index contributed by atoms with van der Waals surface area (Å²) in [5, 5.41) is 18.5. The number of thiazole rings is 1.